The van der Waals surface area contributed by atoms with Crippen molar-refractivity contribution in [3.05, 3.63) is 51.6 Å². The highest BCUT2D eigenvalue weighted by molar-refractivity contribution is 14.1. The van der Waals surface area contributed by atoms with Crippen molar-refractivity contribution in [1.29, 1.82) is 0 Å². The predicted molar refractivity (Wildman–Crippen MR) is 86.6 cm³/mol. The van der Waals surface area contributed by atoms with Crippen LogP contribution in [0, 0.1) is 9.52 Å². The van der Waals surface area contributed by atoms with Crippen molar-refractivity contribution in [2.45, 2.75) is 26.3 Å². The number of allylic oxidation sites excluding steroid dienone is 1. The van der Waals surface area contributed by atoms with Gasteiger partial charge in [0.2, 0.25) is 0 Å². The number of nitrogens with zero attached hydrogens (tertiary/aromatic N) is 3. The molecule has 2 aromatic rings. The Balaban J connectivity index is 2.04. The molecular formula is C15H15FIN3. The van der Waals surface area contributed by atoms with E-state index in [1.165, 1.54) is 11.8 Å². The highest BCUT2D eigenvalue weighted by atomic mass is 127. The molecule has 0 N–H and O–H groups in total. The van der Waals surface area contributed by atoms with Crippen molar-refractivity contribution >= 4 is 28.4 Å². The topological polar surface area (TPSA) is 21.1 Å². The van der Waals surface area contributed by atoms with Crippen molar-refractivity contribution in [2.24, 2.45) is 0 Å². The maximum atomic E-state index is 13.9. The first kappa shape index (κ1) is 13.6. The molecule has 20 heavy (non-hydrogen) atoms. The third-order valence-electron chi connectivity index (χ3n) is 3.56. The summed E-state index contributed by atoms with van der Waals surface area (Å²) >= 11 is 2.19. The Kier molecular flexibility index (Phi) is 3.54. The molecule has 0 amide bonds. The summed E-state index contributed by atoms with van der Waals surface area (Å²) in [6, 6.07) is 9.09. The number of hydrogen-bond donors (Lipinski definition) is 0. The van der Waals surface area contributed by atoms with E-state index in [2.05, 4.69) is 52.5 Å². The maximum absolute atomic E-state index is 13.9. The normalized spacial score (nSPS) is 18.5. The summed E-state index contributed by atoms with van der Waals surface area (Å²) < 4.78 is 16.5. The molecule has 0 bridgehead atoms. The van der Waals surface area contributed by atoms with E-state index in [1.807, 2.05) is 12.1 Å². The number of hydrogen-bond acceptors (Lipinski definition) is 2. The van der Waals surface area contributed by atoms with Gasteiger partial charge in [-0.05, 0) is 55.0 Å². The SMILES string of the molecule is CC1=CCC(C)N1c1cc(I)n(-c2ccccc2F)n1. The number of anilines is 1. The van der Waals surface area contributed by atoms with Crippen LogP contribution >= 0.6 is 22.6 Å². The lowest BCUT2D eigenvalue weighted by molar-refractivity contribution is 0.608. The summed E-state index contributed by atoms with van der Waals surface area (Å²) in [5.41, 5.74) is 1.68. The van der Waals surface area contributed by atoms with Crippen LogP contribution in [0.15, 0.2) is 42.1 Å². The summed E-state index contributed by atoms with van der Waals surface area (Å²) in [7, 11) is 0. The largest absolute Gasteiger partial charge is 0.326 e. The quantitative estimate of drug-likeness (QED) is 0.728. The zero-order chi connectivity index (χ0) is 14.3. The van der Waals surface area contributed by atoms with Gasteiger partial charge in [-0.1, -0.05) is 18.2 Å². The minimum Gasteiger partial charge on any atom is -0.326 e. The van der Waals surface area contributed by atoms with Crippen LogP contribution in [0.5, 0.6) is 0 Å². The van der Waals surface area contributed by atoms with Gasteiger partial charge in [-0.25, -0.2) is 9.07 Å². The molecule has 0 fully saturated rings. The Morgan fingerprint density at radius 2 is 2.10 bits per heavy atom. The molecule has 1 aliphatic heterocycles. The summed E-state index contributed by atoms with van der Waals surface area (Å²) in [5, 5.41) is 4.58. The fourth-order valence-corrected chi connectivity index (χ4v) is 3.20. The van der Waals surface area contributed by atoms with Gasteiger partial charge in [-0.3, -0.25) is 0 Å². The average molecular weight is 383 g/mol. The Bertz CT molecular complexity index is 678. The smallest absolute Gasteiger partial charge is 0.156 e. The van der Waals surface area contributed by atoms with E-state index in [1.54, 1.807) is 16.8 Å². The minimum atomic E-state index is -0.262. The molecule has 1 atom stereocenters. The highest BCUT2D eigenvalue weighted by Crippen LogP contribution is 2.30. The average Bonchev–Trinajstić information content (AvgIpc) is 2.94. The van der Waals surface area contributed by atoms with E-state index in [-0.39, 0.29) is 5.82 Å². The molecule has 0 saturated heterocycles. The molecular weight excluding hydrogens is 368 g/mol. The lowest BCUT2D eigenvalue weighted by Gasteiger charge is -2.23. The number of halogens is 2. The second kappa shape index (κ2) is 5.20. The van der Waals surface area contributed by atoms with Gasteiger partial charge in [0, 0.05) is 17.8 Å². The molecule has 1 aromatic carbocycles. The van der Waals surface area contributed by atoms with Gasteiger partial charge in [0.25, 0.3) is 0 Å². The second-order valence-electron chi connectivity index (χ2n) is 4.99. The first-order valence-corrected chi connectivity index (χ1v) is 7.62. The number of para-hydroxylation sites is 1. The Hall–Kier alpha value is -1.37. The fraction of sp³-hybridized carbons (Fsp3) is 0.267. The van der Waals surface area contributed by atoms with Crippen molar-refractivity contribution in [3.8, 4) is 5.69 Å². The fourth-order valence-electron chi connectivity index (χ4n) is 2.56. The van der Waals surface area contributed by atoms with Gasteiger partial charge in [-0.15, -0.1) is 5.10 Å². The lowest BCUT2D eigenvalue weighted by Crippen LogP contribution is -2.26. The maximum Gasteiger partial charge on any atom is 0.156 e. The zero-order valence-corrected chi connectivity index (χ0v) is 13.5. The molecule has 2 heterocycles. The third-order valence-corrected chi connectivity index (χ3v) is 4.32. The van der Waals surface area contributed by atoms with Crippen LogP contribution in [0.25, 0.3) is 5.69 Å². The molecule has 1 aliphatic rings. The van der Waals surface area contributed by atoms with Gasteiger partial charge in [0.1, 0.15) is 15.2 Å². The molecule has 0 aliphatic carbocycles. The zero-order valence-electron chi connectivity index (χ0n) is 11.3. The summed E-state index contributed by atoms with van der Waals surface area (Å²) in [6.07, 6.45) is 3.23. The summed E-state index contributed by atoms with van der Waals surface area (Å²) in [5.74, 6) is 0.609. The van der Waals surface area contributed by atoms with Gasteiger partial charge in [0.15, 0.2) is 5.82 Å². The summed E-state index contributed by atoms with van der Waals surface area (Å²) in [6.45, 7) is 4.25. The molecule has 1 unspecified atom stereocenters. The van der Waals surface area contributed by atoms with Crippen LogP contribution in [-0.4, -0.2) is 15.8 Å². The molecule has 3 rings (SSSR count). The number of aromatic nitrogens is 2. The van der Waals surface area contributed by atoms with Crippen LogP contribution in [0.1, 0.15) is 20.3 Å². The molecule has 104 valence electrons. The second-order valence-corrected chi connectivity index (χ2v) is 6.09. The van der Waals surface area contributed by atoms with Crippen LogP contribution in [0.4, 0.5) is 10.2 Å². The van der Waals surface area contributed by atoms with Crippen molar-refractivity contribution < 1.29 is 4.39 Å². The monoisotopic (exact) mass is 383 g/mol. The third kappa shape index (κ3) is 2.24. The Morgan fingerprint density at radius 3 is 2.75 bits per heavy atom. The lowest BCUT2D eigenvalue weighted by atomic mass is 10.3. The van der Waals surface area contributed by atoms with E-state index in [0.29, 0.717) is 11.7 Å². The molecule has 3 nitrogen and oxygen atoms in total. The van der Waals surface area contributed by atoms with Crippen LogP contribution in [0.3, 0.4) is 0 Å². The first-order chi connectivity index (χ1) is 9.58. The number of rotatable bonds is 2. The standard InChI is InChI=1S/C15H15FIN3/c1-10-7-8-11(2)19(10)15-9-14(17)20(18-15)13-6-4-3-5-12(13)16/h3-7,9,11H,8H2,1-2H3. The van der Waals surface area contributed by atoms with E-state index in [9.17, 15) is 4.39 Å². The van der Waals surface area contributed by atoms with Gasteiger partial charge < -0.3 is 4.90 Å². The van der Waals surface area contributed by atoms with Crippen molar-refractivity contribution in [1.82, 2.24) is 9.78 Å². The van der Waals surface area contributed by atoms with Crippen LogP contribution in [-0.2, 0) is 0 Å². The van der Waals surface area contributed by atoms with Gasteiger partial charge >= 0.3 is 0 Å². The predicted octanol–water partition coefficient (Wildman–Crippen LogP) is 4.12. The molecule has 0 saturated carbocycles. The minimum absolute atomic E-state index is 0.262. The van der Waals surface area contributed by atoms with Gasteiger partial charge in [-0.2, -0.15) is 0 Å². The molecule has 1 aromatic heterocycles. The van der Waals surface area contributed by atoms with E-state index < -0.39 is 0 Å². The Labute approximate surface area is 131 Å². The molecule has 5 heteroatoms. The van der Waals surface area contributed by atoms with Crippen LogP contribution < -0.4 is 4.90 Å². The van der Waals surface area contributed by atoms with E-state index in [0.717, 1.165) is 15.9 Å². The van der Waals surface area contributed by atoms with Gasteiger partial charge in [0.05, 0.1) is 0 Å². The Morgan fingerprint density at radius 1 is 1.35 bits per heavy atom. The molecule has 0 spiro atoms. The number of benzene rings is 1. The van der Waals surface area contributed by atoms with Crippen molar-refractivity contribution in [2.75, 3.05) is 4.90 Å². The molecule has 0 radical (unpaired) electrons. The highest BCUT2D eigenvalue weighted by Gasteiger charge is 2.24. The van der Waals surface area contributed by atoms with Crippen LogP contribution in [0.2, 0.25) is 0 Å². The van der Waals surface area contributed by atoms with Crippen molar-refractivity contribution in [3.63, 3.8) is 0 Å². The van der Waals surface area contributed by atoms with E-state index >= 15 is 0 Å². The summed E-state index contributed by atoms with van der Waals surface area (Å²) in [4.78, 5) is 2.19. The first-order valence-electron chi connectivity index (χ1n) is 6.54. The van der Waals surface area contributed by atoms with E-state index in [4.69, 9.17) is 0 Å².